The molecule has 0 saturated heterocycles. The molecule has 0 spiro atoms. The molecular weight excluding hydrogens is 328 g/mol. The largest absolute Gasteiger partial charge is 0.465 e. The average Bonchev–Trinajstić information content (AvgIpc) is 2.47. The van der Waals surface area contributed by atoms with Gasteiger partial charge in [0.2, 0.25) is 10.7 Å². The topological polar surface area (TPSA) is 60.4 Å². The van der Waals surface area contributed by atoms with Gasteiger partial charge in [-0.15, -0.1) is 0 Å². The summed E-state index contributed by atoms with van der Waals surface area (Å²) in [5.74, 6) is -5.15. The second kappa shape index (κ2) is 8.12. The molecule has 0 radical (unpaired) electrons. The van der Waals surface area contributed by atoms with Crippen molar-refractivity contribution in [1.29, 1.82) is 0 Å². The summed E-state index contributed by atoms with van der Waals surface area (Å²) in [6.07, 6.45) is 2.84. The van der Waals surface area contributed by atoms with E-state index >= 15 is 0 Å². The molecule has 1 fully saturated rings. The summed E-state index contributed by atoms with van der Waals surface area (Å²) in [5, 5.41) is -5.05. The number of carbonyl (C=O) groups excluding carboxylic acids is 1. The summed E-state index contributed by atoms with van der Waals surface area (Å²) in [5.41, 5.74) is 0. The fourth-order valence-corrected chi connectivity index (χ4v) is 2.74. The molecule has 0 aromatic heterocycles. The minimum Gasteiger partial charge on any atom is -0.465 e. The maximum atomic E-state index is 13.1. The quantitative estimate of drug-likeness (QED) is 0.317. The van der Waals surface area contributed by atoms with Crippen LogP contribution in [0, 0.1) is 5.92 Å². The number of halogens is 4. The molecule has 0 N–H and O–H groups in total. The lowest BCUT2D eigenvalue weighted by molar-refractivity contribution is -0.160. The molecule has 1 saturated carbocycles. The Morgan fingerprint density at radius 1 is 1.05 bits per heavy atom. The van der Waals surface area contributed by atoms with Crippen molar-refractivity contribution in [2.45, 2.75) is 62.5 Å². The Kier molecular flexibility index (Phi) is 7.08. The van der Waals surface area contributed by atoms with Gasteiger partial charge in [-0.3, -0.25) is 4.79 Å². The Hall–Kier alpha value is -0.860. The summed E-state index contributed by atoms with van der Waals surface area (Å²) in [4.78, 5) is 11.6. The molecule has 0 aromatic carbocycles. The van der Waals surface area contributed by atoms with E-state index in [4.69, 9.17) is 4.74 Å². The third-order valence-corrected chi connectivity index (χ3v) is 4.52. The molecule has 0 aliphatic heterocycles. The Labute approximate surface area is 128 Å². The van der Waals surface area contributed by atoms with Crippen LogP contribution in [0.2, 0.25) is 0 Å². The van der Waals surface area contributed by atoms with Crippen LogP contribution in [0.5, 0.6) is 0 Å². The molecule has 1 rings (SSSR count). The second-order valence-electron chi connectivity index (χ2n) is 5.46. The smallest absolute Gasteiger partial charge is 0.404 e. The second-order valence-corrected chi connectivity index (χ2v) is 6.54. The summed E-state index contributed by atoms with van der Waals surface area (Å²) in [7, 11) is -4.54. The molecule has 0 heterocycles. The Balaban J connectivity index is 2.26. The minimum atomic E-state index is -5.05. The van der Waals surface area contributed by atoms with Gasteiger partial charge in [0.1, 0.15) is 0 Å². The van der Waals surface area contributed by atoms with Crippen molar-refractivity contribution in [3.8, 4) is 0 Å². The van der Waals surface area contributed by atoms with Crippen LogP contribution in [0.25, 0.3) is 0 Å². The van der Waals surface area contributed by atoms with E-state index in [1.54, 1.807) is 0 Å². The molecule has 4 nitrogen and oxygen atoms in total. The number of esters is 1. The number of ether oxygens (including phenoxy) is 1. The van der Waals surface area contributed by atoms with Crippen molar-refractivity contribution in [1.82, 2.24) is 0 Å². The van der Waals surface area contributed by atoms with Gasteiger partial charge in [-0.25, -0.2) is 8.42 Å². The van der Waals surface area contributed by atoms with Crippen molar-refractivity contribution in [3.63, 3.8) is 0 Å². The normalized spacial score (nSPS) is 17.7. The molecule has 0 atom stereocenters. The van der Waals surface area contributed by atoms with E-state index < -0.39 is 28.3 Å². The number of rotatable bonds is 8. The number of carbonyl (C=O) groups is 1. The van der Waals surface area contributed by atoms with Crippen LogP contribution < -0.4 is 0 Å². The van der Waals surface area contributed by atoms with Crippen LogP contribution in [0.1, 0.15) is 51.4 Å². The van der Waals surface area contributed by atoms with Crippen molar-refractivity contribution >= 4 is 16.7 Å². The first-order chi connectivity index (χ1) is 10.2. The first-order valence-electron chi connectivity index (χ1n) is 7.25. The minimum absolute atomic E-state index is 0.0141. The van der Waals surface area contributed by atoms with E-state index in [2.05, 4.69) is 0 Å². The molecular formula is C13H20F4O4S. The zero-order valence-electron chi connectivity index (χ0n) is 12.0. The maximum Gasteiger partial charge on any atom is 0.404 e. The number of hydrogen-bond donors (Lipinski definition) is 1. The van der Waals surface area contributed by atoms with Crippen LogP contribution in [-0.2, 0) is 20.2 Å². The van der Waals surface area contributed by atoms with Crippen LogP contribution in [0.15, 0.2) is 0 Å². The molecule has 22 heavy (non-hydrogen) atoms. The number of hydrogen-bond acceptors (Lipinski definition) is 4. The molecule has 0 unspecified atom stereocenters. The summed E-state index contributed by atoms with van der Waals surface area (Å²) >= 11 is 0. The molecule has 1 aliphatic rings. The highest BCUT2D eigenvalue weighted by atomic mass is 32.2. The number of alkyl halides is 4. The first-order valence-corrected chi connectivity index (χ1v) is 8.43. The predicted molar refractivity (Wildman–Crippen MR) is 71.6 cm³/mol. The Morgan fingerprint density at radius 3 is 2.18 bits per heavy atom. The van der Waals surface area contributed by atoms with Gasteiger partial charge < -0.3 is 4.74 Å². The van der Waals surface area contributed by atoms with E-state index in [9.17, 15) is 30.8 Å². The standard InChI is InChI=1S/C13H20F4O4S/c14-12(15,13(16,17)22(19)20)8-4-5-9-21-11(18)10-6-2-1-3-7-10/h10,22H,1-9H2. The van der Waals surface area contributed by atoms with Crippen LogP contribution in [0.4, 0.5) is 17.6 Å². The molecule has 1 aliphatic carbocycles. The Bertz CT molecular complexity index is 437. The molecule has 0 aromatic rings. The fourth-order valence-electron chi connectivity index (χ4n) is 2.36. The van der Waals surface area contributed by atoms with Gasteiger partial charge in [-0.05, 0) is 25.7 Å². The highest BCUT2D eigenvalue weighted by Crippen LogP contribution is 2.38. The predicted octanol–water partition coefficient (Wildman–Crippen LogP) is 3.12. The van der Waals surface area contributed by atoms with Gasteiger partial charge >= 0.3 is 17.1 Å². The molecule has 130 valence electrons. The van der Waals surface area contributed by atoms with E-state index in [0.29, 0.717) is 0 Å². The molecule has 0 bridgehead atoms. The first kappa shape index (κ1) is 19.2. The summed E-state index contributed by atoms with van der Waals surface area (Å²) in [6.45, 7) is -0.125. The van der Waals surface area contributed by atoms with Gasteiger partial charge in [-0.1, -0.05) is 19.3 Å². The highest BCUT2D eigenvalue weighted by molar-refractivity contribution is 7.73. The lowest BCUT2D eigenvalue weighted by atomic mass is 9.89. The van der Waals surface area contributed by atoms with Gasteiger partial charge in [0.05, 0.1) is 12.5 Å². The third kappa shape index (κ3) is 5.10. The SMILES string of the molecule is O=C(OCCCCC(F)(F)C(F)(F)[SH](=O)=O)C1CCCCC1. The van der Waals surface area contributed by atoms with Crippen LogP contribution >= 0.6 is 0 Å². The number of thiol groups is 1. The number of unbranched alkanes of at least 4 members (excludes halogenated alkanes) is 1. The molecule has 9 heteroatoms. The lowest BCUT2D eigenvalue weighted by Crippen LogP contribution is -2.41. The lowest BCUT2D eigenvalue weighted by Gasteiger charge is -2.22. The van der Waals surface area contributed by atoms with E-state index in [1.165, 1.54) is 0 Å². The Morgan fingerprint density at radius 2 is 1.64 bits per heavy atom. The van der Waals surface area contributed by atoms with E-state index in [0.717, 1.165) is 32.1 Å². The fraction of sp³-hybridized carbons (Fsp3) is 0.923. The maximum absolute atomic E-state index is 13.1. The van der Waals surface area contributed by atoms with Crippen LogP contribution in [-0.4, -0.2) is 32.2 Å². The van der Waals surface area contributed by atoms with Crippen molar-refractivity contribution in [3.05, 3.63) is 0 Å². The third-order valence-electron chi connectivity index (χ3n) is 3.74. The van der Waals surface area contributed by atoms with E-state index in [-0.39, 0.29) is 31.3 Å². The van der Waals surface area contributed by atoms with E-state index in [1.807, 2.05) is 0 Å². The monoisotopic (exact) mass is 348 g/mol. The highest BCUT2D eigenvalue weighted by Gasteiger charge is 2.58. The summed E-state index contributed by atoms with van der Waals surface area (Å²) in [6, 6.07) is 0. The van der Waals surface area contributed by atoms with Crippen molar-refractivity contribution < 1.29 is 35.5 Å². The summed E-state index contributed by atoms with van der Waals surface area (Å²) < 4.78 is 77.0. The average molecular weight is 348 g/mol. The van der Waals surface area contributed by atoms with Gasteiger partial charge in [0.25, 0.3) is 0 Å². The zero-order valence-corrected chi connectivity index (χ0v) is 12.9. The van der Waals surface area contributed by atoms with Crippen molar-refractivity contribution in [2.75, 3.05) is 6.61 Å². The van der Waals surface area contributed by atoms with Gasteiger partial charge in [0.15, 0.2) is 0 Å². The van der Waals surface area contributed by atoms with Gasteiger partial charge in [0, 0.05) is 6.42 Å². The molecule has 0 amide bonds. The van der Waals surface area contributed by atoms with Gasteiger partial charge in [-0.2, -0.15) is 17.6 Å². The van der Waals surface area contributed by atoms with Crippen molar-refractivity contribution in [2.24, 2.45) is 5.92 Å². The zero-order chi connectivity index (χ0) is 16.8. The van der Waals surface area contributed by atoms with Crippen LogP contribution in [0.3, 0.4) is 0 Å².